The van der Waals surface area contributed by atoms with E-state index in [4.69, 9.17) is 0 Å². The second kappa shape index (κ2) is 11.0. The van der Waals surface area contributed by atoms with Crippen LogP contribution in [0.5, 0.6) is 0 Å². The van der Waals surface area contributed by atoms with Crippen molar-refractivity contribution < 1.29 is 8.78 Å². The summed E-state index contributed by atoms with van der Waals surface area (Å²) in [6, 6.07) is 0. The first kappa shape index (κ1) is 21.4. The van der Waals surface area contributed by atoms with Crippen molar-refractivity contribution in [3.8, 4) is 0 Å². The van der Waals surface area contributed by atoms with Gasteiger partial charge in [0, 0.05) is 6.42 Å². The fourth-order valence-electron chi connectivity index (χ4n) is 4.50. The van der Waals surface area contributed by atoms with E-state index in [0.717, 1.165) is 49.5 Å². The fraction of sp³-hybridized carbons (Fsp3) is 0.750. The van der Waals surface area contributed by atoms with Crippen LogP contribution in [0.1, 0.15) is 97.8 Å². The topological polar surface area (TPSA) is 0 Å². The molecule has 0 aliphatic heterocycles. The predicted molar refractivity (Wildman–Crippen MR) is 108 cm³/mol. The lowest BCUT2D eigenvalue weighted by Gasteiger charge is -2.32. The molecule has 0 nitrogen and oxygen atoms in total. The molecule has 0 saturated heterocycles. The van der Waals surface area contributed by atoms with E-state index in [0.29, 0.717) is 17.9 Å². The lowest BCUT2D eigenvalue weighted by atomic mass is 9.73. The molecule has 2 aliphatic carbocycles. The van der Waals surface area contributed by atoms with Crippen LogP contribution in [0.2, 0.25) is 0 Å². The summed E-state index contributed by atoms with van der Waals surface area (Å²) < 4.78 is 29.2. The molecule has 1 atom stereocenters. The SMILES string of the molecule is CCCC(=C/CC(C)C)/C(F)=C(/F)CC1=CCC(C2CCCCC2)CC1. The van der Waals surface area contributed by atoms with Gasteiger partial charge >= 0.3 is 0 Å². The van der Waals surface area contributed by atoms with Crippen LogP contribution in [0.15, 0.2) is 35.0 Å². The molecule has 26 heavy (non-hydrogen) atoms. The number of halogens is 2. The molecule has 0 bridgehead atoms. The summed E-state index contributed by atoms with van der Waals surface area (Å²) in [6.07, 6.45) is 16.6. The third-order valence-electron chi connectivity index (χ3n) is 6.12. The summed E-state index contributed by atoms with van der Waals surface area (Å²) in [7, 11) is 0. The fourth-order valence-corrected chi connectivity index (χ4v) is 4.50. The zero-order valence-electron chi connectivity index (χ0n) is 17.1. The average molecular weight is 365 g/mol. The first-order chi connectivity index (χ1) is 12.5. The molecule has 2 rings (SSSR count). The van der Waals surface area contributed by atoms with E-state index >= 15 is 0 Å². The summed E-state index contributed by atoms with van der Waals surface area (Å²) in [6.45, 7) is 6.23. The maximum absolute atomic E-state index is 14.6. The molecule has 0 heterocycles. The standard InChI is InChI=1S/C24H38F2/c1-4-8-22(14-11-18(2)3)24(26)23(25)17-19-12-15-21(16-13-19)20-9-6-5-7-10-20/h12,14,18,20-21H,4-11,13,15-17H2,1-3H3/b22-14-,24-23-. The lowest BCUT2D eigenvalue weighted by molar-refractivity contribution is 0.231. The molecule has 2 heteroatoms. The smallest absolute Gasteiger partial charge is 0.157 e. The van der Waals surface area contributed by atoms with Crippen molar-refractivity contribution in [1.82, 2.24) is 0 Å². The zero-order valence-corrected chi connectivity index (χ0v) is 17.1. The second-order valence-corrected chi connectivity index (χ2v) is 8.80. The molecule has 0 radical (unpaired) electrons. The molecule has 0 spiro atoms. The maximum Gasteiger partial charge on any atom is 0.157 e. The minimum atomic E-state index is -0.595. The van der Waals surface area contributed by atoms with Crippen LogP contribution < -0.4 is 0 Å². The molecule has 0 aromatic carbocycles. The van der Waals surface area contributed by atoms with Crippen LogP contribution in [0, 0.1) is 17.8 Å². The Bertz CT molecular complexity index is 518. The van der Waals surface area contributed by atoms with Gasteiger partial charge in [0.25, 0.3) is 0 Å². The van der Waals surface area contributed by atoms with E-state index in [1.165, 1.54) is 32.1 Å². The molecule has 2 aliphatic rings. The van der Waals surface area contributed by atoms with Crippen molar-refractivity contribution in [3.63, 3.8) is 0 Å². The molecule has 1 fully saturated rings. The summed E-state index contributed by atoms with van der Waals surface area (Å²) >= 11 is 0. The van der Waals surface area contributed by atoms with Crippen molar-refractivity contribution in [1.29, 1.82) is 0 Å². The highest BCUT2D eigenvalue weighted by Crippen LogP contribution is 2.39. The average Bonchev–Trinajstić information content (AvgIpc) is 2.65. The van der Waals surface area contributed by atoms with Gasteiger partial charge in [-0.25, -0.2) is 8.78 Å². The van der Waals surface area contributed by atoms with E-state index < -0.39 is 11.7 Å². The van der Waals surface area contributed by atoms with Gasteiger partial charge in [0.1, 0.15) is 5.83 Å². The summed E-state index contributed by atoms with van der Waals surface area (Å²) in [5.74, 6) is 0.959. The molecule has 1 saturated carbocycles. The summed E-state index contributed by atoms with van der Waals surface area (Å²) in [5.41, 5.74) is 1.67. The van der Waals surface area contributed by atoms with E-state index in [1.807, 2.05) is 13.0 Å². The van der Waals surface area contributed by atoms with Gasteiger partial charge in [-0.05, 0) is 55.4 Å². The Morgan fingerprint density at radius 2 is 1.85 bits per heavy atom. The molecule has 1 unspecified atom stereocenters. The van der Waals surface area contributed by atoms with Gasteiger partial charge in [0.15, 0.2) is 5.83 Å². The van der Waals surface area contributed by atoms with E-state index in [1.54, 1.807) is 0 Å². The quantitative estimate of drug-likeness (QED) is 0.299. The first-order valence-electron chi connectivity index (χ1n) is 10.9. The van der Waals surface area contributed by atoms with E-state index in [2.05, 4.69) is 19.9 Å². The van der Waals surface area contributed by atoms with Crippen molar-refractivity contribution in [2.75, 3.05) is 0 Å². The van der Waals surface area contributed by atoms with Gasteiger partial charge in [-0.1, -0.05) is 77.0 Å². The highest BCUT2D eigenvalue weighted by Gasteiger charge is 2.25. The van der Waals surface area contributed by atoms with Gasteiger partial charge < -0.3 is 0 Å². The van der Waals surface area contributed by atoms with Crippen molar-refractivity contribution in [3.05, 3.63) is 35.0 Å². The van der Waals surface area contributed by atoms with Crippen LogP contribution in [0.3, 0.4) is 0 Å². The third-order valence-corrected chi connectivity index (χ3v) is 6.12. The van der Waals surface area contributed by atoms with Gasteiger partial charge in [-0.2, -0.15) is 0 Å². The number of hydrogen-bond donors (Lipinski definition) is 0. The largest absolute Gasteiger partial charge is 0.208 e. The van der Waals surface area contributed by atoms with Gasteiger partial charge in [-0.15, -0.1) is 0 Å². The molecule has 0 aromatic heterocycles. The summed E-state index contributed by atoms with van der Waals surface area (Å²) in [4.78, 5) is 0. The predicted octanol–water partition coefficient (Wildman–Crippen LogP) is 8.61. The van der Waals surface area contributed by atoms with Gasteiger partial charge in [0.2, 0.25) is 0 Å². The number of allylic oxidation sites excluding steroid dienone is 6. The number of rotatable bonds is 8. The molecular formula is C24H38F2. The van der Waals surface area contributed by atoms with E-state index in [9.17, 15) is 8.78 Å². The Morgan fingerprint density at radius 3 is 2.42 bits per heavy atom. The summed E-state index contributed by atoms with van der Waals surface area (Å²) in [5, 5.41) is 0. The van der Waals surface area contributed by atoms with Crippen molar-refractivity contribution >= 4 is 0 Å². The third kappa shape index (κ3) is 6.67. The zero-order chi connectivity index (χ0) is 18.9. The highest BCUT2D eigenvalue weighted by molar-refractivity contribution is 5.30. The van der Waals surface area contributed by atoms with Crippen molar-refractivity contribution in [2.45, 2.75) is 97.8 Å². The second-order valence-electron chi connectivity index (χ2n) is 8.80. The Labute approximate surface area is 159 Å². The minimum Gasteiger partial charge on any atom is -0.208 e. The van der Waals surface area contributed by atoms with Crippen LogP contribution in [-0.2, 0) is 0 Å². The molecule has 0 amide bonds. The first-order valence-corrected chi connectivity index (χ1v) is 10.9. The molecule has 0 N–H and O–H groups in total. The Balaban J connectivity index is 1.96. The Morgan fingerprint density at radius 1 is 1.12 bits per heavy atom. The maximum atomic E-state index is 14.6. The van der Waals surface area contributed by atoms with E-state index in [-0.39, 0.29) is 6.42 Å². The van der Waals surface area contributed by atoms with Crippen molar-refractivity contribution in [2.24, 2.45) is 17.8 Å². The normalized spacial score (nSPS) is 23.8. The monoisotopic (exact) mass is 364 g/mol. The molecule has 148 valence electrons. The minimum absolute atomic E-state index is 0.173. The van der Waals surface area contributed by atoms with Crippen LogP contribution >= 0.6 is 0 Å². The van der Waals surface area contributed by atoms with Gasteiger partial charge in [0.05, 0.1) is 0 Å². The molecular weight excluding hydrogens is 326 g/mol. The van der Waals surface area contributed by atoms with Crippen LogP contribution in [-0.4, -0.2) is 0 Å². The van der Waals surface area contributed by atoms with Crippen LogP contribution in [0.25, 0.3) is 0 Å². The number of hydrogen-bond acceptors (Lipinski definition) is 0. The Kier molecular flexibility index (Phi) is 9.08. The highest BCUT2D eigenvalue weighted by atomic mass is 19.2. The Hall–Kier alpha value is -0.920. The van der Waals surface area contributed by atoms with Crippen LogP contribution in [0.4, 0.5) is 8.78 Å². The van der Waals surface area contributed by atoms with Gasteiger partial charge in [-0.3, -0.25) is 0 Å². The lowest BCUT2D eigenvalue weighted by Crippen LogP contribution is -2.19. The molecule has 0 aromatic rings.